The van der Waals surface area contributed by atoms with Gasteiger partial charge in [0.15, 0.2) is 0 Å². The highest BCUT2D eigenvalue weighted by Gasteiger charge is 2.32. The van der Waals surface area contributed by atoms with E-state index in [9.17, 15) is 18.3 Å². The molecule has 0 amide bonds. The molecule has 110 valence electrons. The monoisotopic (exact) mass is 287 g/mol. The number of nitrogen functional groups attached to an aromatic ring is 1. The van der Waals surface area contributed by atoms with Gasteiger partial charge < -0.3 is 15.7 Å². The number of alkyl halides is 3. The van der Waals surface area contributed by atoms with E-state index in [4.69, 9.17) is 11.1 Å². The van der Waals surface area contributed by atoms with E-state index in [0.29, 0.717) is 25.2 Å². The number of nitrogens with two attached hydrogens (primary N) is 1. The van der Waals surface area contributed by atoms with Crippen molar-refractivity contribution in [2.24, 2.45) is 5.73 Å². The number of aliphatic hydroxyl groups excluding tert-OH is 1. The molecule has 20 heavy (non-hydrogen) atoms. The van der Waals surface area contributed by atoms with Gasteiger partial charge >= 0.3 is 6.18 Å². The van der Waals surface area contributed by atoms with Crippen molar-refractivity contribution in [3.05, 3.63) is 29.3 Å². The van der Waals surface area contributed by atoms with Crippen LogP contribution in [0.1, 0.15) is 24.0 Å². The maximum Gasteiger partial charge on any atom is 0.416 e. The summed E-state index contributed by atoms with van der Waals surface area (Å²) in [5, 5.41) is 17.1. The first-order chi connectivity index (χ1) is 9.29. The zero-order valence-electron chi connectivity index (χ0n) is 10.7. The van der Waals surface area contributed by atoms with Gasteiger partial charge in [-0.3, -0.25) is 5.41 Å². The van der Waals surface area contributed by atoms with E-state index in [0.717, 1.165) is 18.6 Å². The Labute approximate surface area is 114 Å². The van der Waals surface area contributed by atoms with Gasteiger partial charge in [-0.1, -0.05) is 0 Å². The van der Waals surface area contributed by atoms with Crippen LogP contribution < -0.4 is 10.6 Å². The van der Waals surface area contributed by atoms with Crippen LogP contribution in [0.25, 0.3) is 0 Å². The number of hydrogen-bond donors (Lipinski definition) is 3. The number of hydrogen-bond acceptors (Lipinski definition) is 3. The number of amidine groups is 1. The van der Waals surface area contributed by atoms with Gasteiger partial charge in [-0.25, -0.2) is 0 Å². The lowest BCUT2D eigenvalue weighted by Gasteiger charge is -2.33. The van der Waals surface area contributed by atoms with E-state index in [1.54, 1.807) is 4.90 Å². The smallest absolute Gasteiger partial charge is 0.391 e. The van der Waals surface area contributed by atoms with Crippen molar-refractivity contribution in [2.45, 2.75) is 25.1 Å². The Morgan fingerprint density at radius 1 is 1.40 bits per heavy atom. The van der Waals surface area contributed by atoms with Crippen LogP contribution >= 0.6 is 0 Å². The molecule has 1 aromatic carbocycles. The molecule has 0 spiro atoms. The van der Waals surface area contributed by atoms with Crippen molar-refractivity contribution in [1.29, 1.82) is 5.41 Å². The van der Waals surface area contributed by atoms with Gasteiger partial charge in [0, 0.05) is 24.3 Å². The topological polar surface area (TPSA) is 73.3 Å². The second-order valence-electron chi connectivity index (χ2n) is 4.89. The normalized spacial score (nSPS) is 20.0. The molecule has 1 aliphatic rings. The van der Waals surface area contributed by atoms with Crippen LogP contribution in [0.5, 0.6) is 0 Å². The van der Waals surface area contributed by atoms with Crippen molar-refractivity contribution < 1.29 is 18.3 Å². The predicted octanol–water partition coefficient (Wildman–Crippen LogP) is 1.95. The average molecular weight is 287 g/mol. The summed E-state index contributed by atoms with van der Waals surface area (Å²) < 4.78 is 38.1. The Bertz CT molecular complexity index is 516. The molecule has 4 nitrogen and oxygen atoms in total. The Hall–Kier alpha value is -1.76. The molecule has 4 N–H and O–H groups in total. The number of anilines is 1. The van der Waals surface area contributed by atoms with Crippen LogP contribution in [-0.4, -0.2) is 30.1 Å². The Morgan fingerprint density at radius 3 is 2.65 bits per heavy atom. The van der Waals surface area contributed by atoms with E-state index in [-0.39, 0.29) is 5.56 Å². The van der Waals surface area contributed by atoms with Crippen molar-refractivity contribution >= 4 is 11.5 Å². The third kappa shape index (κ3) is 3.04. The minimum atomic E-state index is -4.47. The summed E-state index contributed by atoms with van der Waals surface area (Å²) in [4.78, 5) is 1.77. The third-order valence-corrected chi connectivity index (χ3v) is 3.35. The Morgan fingerprint density at radius 2 is 2.10 bits per heavy atom. The number of halogens is 3. The van der Waals surface area contributed by atoms with Crippen molar-refractivity contribution in [3.8, 4) is 0 Å². The first kappa shape index (κ1) is 14.6. The quantitative estimate of drug-likeness (QED) is 0.575. The Balaban J connectivity index is 2.40. The predicted molar refractivity (Wildman–Crippen MR) is 69.9 cm³/mol. The molecular formula is C13H16F3N3O. The summed E-state index contributed by atoms with van der Waals surface area (Å²) in [6.07, 6.45) is -3.55. The number of rotatable bonds is 2. The fourth-order valence-electron chi connectivity index (χ4n) is 2.38. The first-order valence-electron chi connectivity index (χ1n) is 6.27. The number of piperidine rings is 1. The molecule has 1 aliphatic heterocycles. The second kappa shape index (κ2) is 5.32. The highest BCUT2D eigenvalue weighted by Crippen LogP contribution is 2.33. The van der Waals surface area contributed by atoms with Gasteiger partial charge in [-0.15, -0.1) is 0 Å². The van der Waals surface area contributed by atoms with E-state index < -0.39 is 23.7 Å². The molecule has 1 aromatic rings. The minimum Gasteiger partial charge on any atom is -0.391 e. The molecule has 1 saturated heterocycles. The summed E-state index contributed by atoms with van der Waals surface area (Å²) in [6, 6.07) is 3.18. The van der Waals surface area contributed by atoms with Crippen molar-refractivity contribution in [2.75, 3.05) is 18.0 Å². The third-order valence-electron chi connectivity index (χ3n) is 3.35. The molecule has 1 atom stereocenters. The molecule has 0 bridgehead atoms. The van der Waals surface area contributed by atoms with Gasteiger partial charge in [0.2, 0.25) is 0 Å². The van der Waals surface area contributed by atoms with Crippen LogP contribution in [0, 0.1) is 5.41 Å². The molecular weight excluding hydrogens is 271 g/mol. The molecule has 0 saturated carbocycles. The van der Waals surface area contributed by atoms with Crippen LogP contribution in [0.15, 0.2) is 18.2 Å². The average Bonchev–Trinajstić information content (AvgIpc) is 2.37. The van der Waals surface area contributed by atoms with Gasteiger partial charge in [-0.05, 0) is 31.0 Å². The van der Waals surface area contributed by atoms with Gasteiger partial charge in [0.1, 0.15) is 5.84 Å². The summed E-state index contributed by atoms with van der Waals surface area (Å²) in [7, 11) is 0. The van der Waals surface area contributed by atoms with Crippen LogP contribution in [-0.2, 0) is 6.18 Å². The lowest BCUT2D eigenvalue weighted by molar-refractivity contribution is -0.137. The lowest BCUT2D eigenvalue weighted by Crippen LogP contribution is -2.39. The zero-order valence-corrected chi connectivity index (χ0v) is 10.7. The molecule has 0 aromatic heterocycles. The number of β-amino-alcohol motifs (C(OH)–C–C–N with tert-alkyl or cyclic N) is 1. The highest BCUT2D eigenvalue weighted by atomic mass is 19.4. The fraction of sp³-hybridized carbons (Fsp3) is 0.462. The minimum absolute atomic E-state index is 0.0499. The van der Waals surface area contributed by atoms with Gasteiger partial charge in [-0.2, -0.15) is 13.2 Å². The van der Waals surface area contributed by atoms with E-state index >= 15 is 0 Å². The van der Waals surface area contributed by atoms with Crippen molar-refractivity contribution in [3.63, 3.8) is 0 Å². The SMILES string of the molecule is N=C(N)c1cc(C(F)(F)F)ccc1N1CCCC(O)C1. The van der Waals surface area contributed by atoms with E-state index in [1.807, 2.05) is 0 Å². The number of nitrogens with zero attached hydrogens (tertiary/aromatic N) is 1. The maximum absolute atomic E-state index is 12.7. The molecule has 7 heteroatoms. The molecule has 1 fully saturated rings. The first-order valence-corrected chi connectivity index (χ1v) is 6.27. The molecule has 0 radical (unpaired) electrons. The summed E-state index contributed by atoms with van der Waals surface area (Å²) in [5.41, 5.74) is 5.08. The number of nitrogens with one attached hydrogen (secondary N) is 1. The van der Waals surface area contributed by atoms with E-state index in [2.05, 4.69) is 0 Å². The maximum atomic E-state index is 12.7. The van der Waals surface area contributed by atoms with Crippen LogP contribution in [0.4, 0.5) is 18.9 Å². The summed E-state index contributed by atoms with van der Waals surface area (Å²) in [5.74, 6) is -0.411. The summed E-state index contributed by atoms with van der Waals surface area (Å²) in [6.45, 7) is 0.967. The molecule has 1 heterocycles. The van der Waals surface area contributed by atoms with E-state index in [1.165, 1.54) is 6.07 Å². The van der Waals surface area contributed by atoms with Crippen LogP contribution in [0.2, 0.25) is 0 Å². The lowest BCUT2D eigenvalue weighted by atomic mass is 10.0. The largest absolute Gasteiger partial charge is 0.416 e. The zero-order chi connectivity index (χ0) is 14.9. The molecule has 0 aliphatic carbocycles. The van der Waals surface area contributed by atoms with Gasteiger partial charge in [0.05, 0.1) is 11.7 Å². The number of aliphatic hydroxyl groups is 1. The Kier molecular flexibility index (Phi) is 3.89. The number of benzene rings is 1. The van der Waals surface area contributed by atoms with Gasteiger partial charge in [0.25, 0.3) is 0 Å². The van der Waals surface area contributed by atoms with Crippen LogP contribution in [0.3, 0.4) is 0 Å². The highest BCUT2D eigenvalue weighted by molar-refractivity contribution is 6.00. The molecule has 1 unspecified atom stereocenters. The standard InChI is InChI=1S/C13H16F3N3O/c14-13(15,16)8-3-4-11(10(6-8)12(17)18)19-5-1-2-9(20)7-19/h3-4,6,9,20H,1-2,5,7H2,(H3,17,18). The molecule has 2 rings (SSSR count). The fourth-order valence-corrected chi connectivity index (χ4v) is 2.38. The summed E-state index contributed by atoms with van der Waals surface area (Å²) >= 11 is 0. The second-order valence-corrected chi connectivity index (χ2v) is 4.89. The van der Waals surface area contributed by atoms with Crippen molar-refractivity contribution in [1.82, 2.24) is 0 Å².